The Kier molecular flexibility index (Phi) is 3.44. The van der Waals surface area contributed by atoms with Gasteiger partial charge in [0.05, 0.1) is 6.61 Å². The van der Waals surface area contributed by atoms with Gasteiger partial charge in [0.1, 0.15) is 11.6 Å². The van der Waals surface area contributed by atoms with Crippen molar-refractivity contribution in [2.45, 2.75) is 25.2 Å². The molecule has 0 spiro atoms. The van der Waals surface area contributed by atoms with E-state index in [1.54, 1.807) is 12.1 Å². The fourth-order valence-corrected chi connectivity index (χ4v) is 2.58. The summed E-state index contributed by atoms with van der Waals surface area (Å²) in [4.78, 5) is 2.66. The fraction of sp³-hybridized carbons (Fsp3) is 0.571. The highest BCUT2D eigenvalue weighted by Crippen LogP contribution is 2.50. The van der Waals surface area contributed by atoms with Crippen molar-refractivity contribution in [2.75, 3.05) is 13.2 Å². The summed E-state index contributed by atoms with van der Waals surface area (Å²) in [6, 6.07) is 4.85. The monoisotopic (exact) mass is 269 g/mol. The molecule has 0 saturated heterocycles. The first-order valence-electron chi connectivity index (χ1n) is 6.53. The number of benzene rings is 1. The first-order valence-corrected chi connectivity index (χ1v) is 6.91. The zero-order chi connectivity index (χ0) is 12.5. The molecular formula is C14H17ClFNO. The van der Waals surface area contributed by atoms with Gasteiger partial charge in [-0.3, -0.25) is 0 Å². The number of hydrogen-bond donors (Lipinski definition) is 1. The Bertz CT molecular complexity index is 436. The van der Waals surface area contributed by atoms with Gasteiger partial charge in [0.15, 0.2) is 0 Å². The van der Waals surface area contributed by atoms with Crippen LogP contribution in [0.25, 0.3) is 0 Å². The lowest BCUT2D eigenvalue weighted by Gasteiger charge is -2.11. The summed E-state index contributed by atoms with van der Waals surface area (Å²) >= 11 is 5.52. The predicted octanol–water partition coefficient (Wildman–Crippen LogP) is 3.46. The highest BCUT2D eigenvalue weighted by molar-refractivity contribution is 6.13. The quantitative estimate of drug-likeness (QED) is 0.799. The van der Waals surface area contributed by atoms with Crippen LogP contribution < -0.4 is 9.57 Å². The van der Waals surface area contributed by atoms with Gasteiger partial charge in [0.25, 0.3) is 0 Å². The minimum atomic E-state index is -0.187. The molecule has 0 bridgehead atoms. The maximum Gasteiger partial charge on any atom is 0.123 e. The summed E-state index contributed by atoms with van der Waals surface area (Å²) in [5.74, 6) is 2.27. The second-order valence-corrected chi connectivity index (χ2v) is 5.64. The standard InChI is InChI=1S/C14H17ClFNO/c15-17-7-10-5-12(10)13-6-11(16)3-4-14(13)18-8-9-1-2-9/h3-4,6,9-10,12,17H,1-2,5,7-8H2/t10-,12+/m1/s1. The van der Waals surface area contributed by atoms with Crippen LogP contribution in [0.1, 0.15) is 30.7 Å². The zero-order valence-corrected chi connectivity index (χ0v) is 10.9. The number of nitrogens with one attached hydrogen (secondary N) is 1. The fourth-order valence-electron chi connectivity index (χ4n) is 2.39. The van der Waals surface area contributed by atoms with E-state index in [1.165, 1.54) is 18.9 Å². The summed E-state index contributed by atoms with van der Waals surface area (Å²) in [5.41, 5.74) is 1.01. The molecule has 2 saturated carbocycles. The third kappa shape index (κ3) is 2.78. The minimum absolute atomic E-state index is 0.187. The Balaban J connectivity index is 1.71. The molecule has 2 aliphatic carbocycles. The van der Waals surface area contributed by atoms with Crippen LogP contribution in [0.4, 0.5) is 4.39 Å². The number of halogens is 2. The molecule has 2 fully saturated rings. The van der Waals surface area contributed by atoms with Gasteiger partial charge in [-0.2, -0.15) is 0 Å². The maximum absolute atomic E-state index is 13.4. The van der Waals surface area contributed by atoms with E-state index in [2.05, 4.69) is 4.84 Å². The molecule has 0 amide bonds. The molecule has 0 unspecified atom stereocenters. The molecule has 0 heterocycles. The molecule has 0 aromatic heterocycles. The molecule has 1 aromatic carbocycles. The number of ether oxygens (including phenoxy) is 1. The van der Waals surface area contributed by atoms with Crippen LogP contribution in [0.3, 0.4) is 0 Å². The lowest BCUT2D eigenvalue weighted by molar-refractivity contribution is 0.296. The highest BCUT2D eigenvalue weighted by atomic mass is 35.5. The van der Waals surface area contributed by atoms with Crippen molar-refractivity contribution >= 4 is 11.8 Å². The van der Waals surface area contributed by atoms with Crippen LogP contribution in [0, 0.1) is 17.7 Å². The van der Waals surface area contributed by atoms with E-state index < -0.39 is 0 Å². The van der Waals surface area contributed by atoms with Crippen LogP contribution in [0.5, 0.6) is 5.75 Å². The minimum Gasteiger partial charge on any atom is -0.493 e. The SMILES string of the molecule is Fc1ccc(OCC2CC2)c([C@H]2C[C@@H]2CNCl)c1. The second-order valence-electron chi connectivity index (χ2n) is 5.38. The van der Waals surface area contributed by atoms with Crippen molar-refractivity contribution in [3.05, 3.63) is 29.6 Å². The summed E-state index contributed by atoms with van der Waals surface area (Å²) in [7, 11) is 0. The number of rotatable bonds is 6. The van der Waals surface area contributed by atoms with Crippen molar-refractivity contribution in [1.82, 2.24) is 4.84 Å². The van der Waals surface area contributed by atoms with Crippen LogP contribution in [0.15, 0.2) is 18.2 Å². The topological polar surface area (TPSA) is 21.3 Å². The molecule has 2 atom stereocenters. The average molecular weight is 270 g/mol. The van der Waals surface area contributed by atoms with Gasteiger partial charge in [-0.25, -0.2) is 9.23 Å². The molecule has 2 aliphatic rings. The van der Waals surface area contributed by atoms with Gasteiger partial charge in [0.2, 0.25) is 0 Å². The highest BCUT2D eigenvalue weighted by Gasteiger charge is 2.40. The Morgan fingerprint density at radius 2 is 2.22 bits per heavy atom. The summed E-state index contributed by atoms with van der Waals surface area (Å²) in [5, 5.41) is 0. The molecule has 2 nitrogen and oxygen atoms in total. The third-order valence-corrected chi connectivity index (χ3v) is 3.96. The first-order chi connectivity index (χ1) is 8.78. The molecule has 1 aromatic rings. The Labute approximate surface area is 112 Å². The van der Waals surface area contributed by atoms with E-state index in [-0.39, 0.29) is 5.82 Å². The average Bonchev–Trinajstić information content (AvgIpc) is 3.23. The van der Waals surface area contributed by atoms with Crippen molar-refractivity contribution < 1.29 is 9.13 Å². The lowest BCUT2D eigenvalue weighted by Crippen LogP contribution is -2.05. The molecule has 0 radical (unpaired) electrons. The first kappa shape index (κ1) is 12.2. The van der Waals surface area contributed by atoms with E-state index in [0.717, 1.165) is 30.9 Å². The maximum atomic E-state index is 13.4. The van der Waals surface area contributed by atoms with Crippen LogP contribution in [0.2, 0.25) is 0 Å². The predicted molar refractivity (Wildman–Crippen MR) is 69.3 cm³/mol. The van der Waals surface area contributed by atoms with E-state index in [0.29, 0.717) is 17.8 Å². The molecule has 0 aliphatic heterocycles. The summed E-state index contributed by atoms with van der Waals surface area (Å²) in [6.07, 6.45) is 3.58. The lowest BCUT2D eigenvalue weighted by atomic mass is 10.1. The van der Waals surface area contributed by atoms with Crippen molar-refractivity contribution in [3.8, 4) is 5.75 Å². The van der Waals surface area contributed by atoms with Gasteiger partial charge in [-0.15, -0.1) is 0 Å². The van der Waals surface area contributed by atoms with Crippen molar-refractivity contribution in [1.29, 1.82) is 0 Å². The third-order valence-electron chi connectivity index (χ3n) is 3.80. The van der Waals surface area contributed by atoms with E-state index in [4.69, 9.17) is 16.5 Å². The van der Waals surface area contributed by atoms with Crippen LogP contribution in [-0.2, 0) is 0 Å². The molecular weight excluding hydrogens is 253 g/mol. The van der Waals surface area contributed by atoms with Crippen LogP contribution in [-0.4, -0.2) is 13.2 Å². The molecule has 98 valence electrons. The summed E-state index contributed by atoms with van der Waals surface area (Å²) < 4.78 is 19.2. The van der Waals surface area contributed by atoms with Gasteiger partial charge < -0.3 is 4.74 Å². The Morgan fingerprint density at radius 1 is 1.39 bits per heavy atom. The second kappa shape index (κ2) is 5.06. The smallest absolute Gasteiger partial charge is 0.123 e. The number of hydrogen-bond acceptors (Lipinski definition) is 2. The normalized spacial score (nSPS) is 26.1. The molecule has 3 rings (SSSR count). The molecule has 4 heteroatoms. The summed E-state index contributed by atoms with van der Waals surface area (Å²) in [6.45, 7) is 1.54. The Hall–Kier alpha value is -0.800. The van der Waals surface area contributed by atoms with E-state index in [1.807, 2.05) is 0 Å². The van der Waals surface area contributed by atoms with Crippen LogP contribution >= 0.6 is 11.8 Å². The van der Waals surface area contributed by atoms with Gasteiger partial charge in [-0.1, -0.05) is 0 Å². The molecule has 18 heavy (non-hydrogen) atoms. The van der Waals surface area contributed by atoms with Gasteiger partial charge in [-0.05, 0) is 67.0 Å². The Morgan fingerprint density at radius 3 is 2.94 bits per heavy atom. The van der Waals surface area contributed by atoms with Crippen molar-refractivity contribution in [2.24, 2.45) is 11.8 Å². The van der Waals surface area contributed by atoms with Gasteiger partial charge >= 0.3 is 0 Å². The van der Waals surface area contributed by atoms with Crippen molar-refractivity contribution in [3.63, 3.8) is 0 Å². The largest absolute Gasteiger partial charge is 0.493 e. The molecule has 1 N–H and O–H groups in total. The zero-order valence-electron chi connectivity index (χ0n) is 10.2. The van der Waals surface area contributed by atoms with E-state index >= 15 is 0 Å². The van der Waals surface area contributed by atoms with Gasteiger partial charge in [0, 0.05) is 12.1 Å². The van der Waals surface area contributed by atoms with E-state index in [9.17, 15) is 4.39 Å².